The van der Waals surface area contributed by atoms with Gasteiger partial charge in [0.15, 0.2) is 16.7 Å². The third kappa shape index (κ3) is 3.16. The minimum Gasteiger partial charge on any atom is -0.507 e. The highest BCUT2D eigenvalue weighted by Crippen LogP contribution is 2.42. The van der Waals surface area contributed by atoms with Crippen LogP contribution in [0.3, 0.4) is 0 Å². The molecule has 2 atom stereocenters. The Morgan fingerprint density at radius 1 is 1.13 bits per heavy atom. The van der Waals surface area contributed by atoms with Crippen LogP contribution in [0.25, 0.3) is 16.3 Å². The molecular formula is C20H19F2N5O2S. The van der Waals surface area contributed by atoms with Gasteiger partial charge >= 0.3 is 0 Å². The number of hydrogen-bond acceptors (Lipinski definition) is 7. The van der Waals surface area contributed by atoms with Crippen molar-refractivity contribution in [3.05, 3.63) is 47.8 Å². The van der Waals surface area contributed by atoms with Crippen LogP contribution in [-0.2, 0) is 0 Å². The lowest BCUT2D eigenvalue weighted by Gasteiger charge is -2.35. The summed E-state index contributed by atoms with van der Waals surface area (Å²) in [6, 6.07) is 5.87. The first-order chi connectivity index (χ1) is 14.4. The molecule has 2 bridgehead atoms. The van der Waals surface area contributed by atoms with Crippen LogP contribution in [0, 0.1) is 6.92 Å². The number of benzene rings is 1. The minimum absolute atomic E-state index is 0.0500. The summed E-state index contributed by atoms with van der Waals surface area (Å²) in [5.74, 6) is -1.33. The molecule has 1 saturated heterocycles. The van der Waals surface area contributed by atoms with Gasteiger partial charge in [-0.3, -0.25) is 4.90 Å². The smallest absolute Gasteiger partial charge is 0.294 e. The maximum Gasteiger partial charge on any atom is 0.294 e. The molecule has 10 heteroatoms. The fourth-order valence-corrected chi connectivity index (χ4v) is 4.83. The number of halogens is 2. The van der Waals surface area contributed by atoms with Crippen molar-refractivity contribution in [1.29, 1.82) is 0 Å². The van der Waals surface area contributed by atoms with E-state index in [4.69, 9.17) is 4.74 Å². The summed E-state index contributed by atoms with van der Waals surface area (Å²) in [6.45, 7) is 1.89. The molecule has 1 fully saturated rings. The number of ether oxygens (including phenoxy) is 1. The molecule has 1 N–H and O–H groups in total. The summed E-state index contributed by atoms with van der Waals surface area (Å²) in [6.07, 6.45) is 2.17. The molecule has 2 aromatic heterocycles. The Hall–Kier alpha value is -2.85. The molecule has 4 heterocycles. The van der Waals surface area contributed by atoms with Crippen LogP contribution in [0.5, 0.6) is 10.9 Å². The van der Waals surface area contributed by atoms with Crippen molar-refractivity contribution < 1.29 is 18.6 Å². The molecule has 30 heavy (non-hydrogen) atoms. The lowest BCUT2D eigenvalue weighted by Crippen LogP contribution is -2.45. The second-order valence-electron chi connectivity index (χ2n) is 7.58. The van der Waals surface area contributed by atoms with E-state index in [2.05, 4.69) is 15.3 Å². The summed E-state index contributed by atoms with van der Waals surface area (Å²) in [5.41, 5.74) is 2.13. The van der Waals surface area contributed by atoms with Crippen LogP contribution in [-0.4, -0.2) is 55.2 Å². The zero-order valence-corrected chi connectivity index (χ0v) is 17.1. The van der Waals surface area contributed by atoms with Gasteiger partial charge in [-0.2, -0.15) is 5.10 Å². The average molecular weight is 431 g/mol. The largest absolute Gasteiger partial charge is 0.507 e. The Morgan fingerprint density at radius 2 is 1.87 bits per heavy atom. The van der Waals surface area contributed by atoms with Gasteiger partial charge in [0.2, 0.25) is 0 Å². The Bertz CT molecular complexity index is 1120. The van der Waals surface area contributed by atoms with Crippen molar-refractivity contribution in [2.75, 3.05) is 7.05 Å². The van der Waals surface area contributed by atoms with E-state index in [9.17, 15) is 13.9 Å². The van der Waals surface area contributed by atoms with E-state index in [1.54, 1.807) is 28.8 Å². The van der Waals surface area contributed by atoms with Crippen LogP contribution in [0.4, 0.5) is 8.78 Å². The summed E-state index contributed by atoms with van der Waals surface area (Å²) in [5, 5.41) is 23.8. The molecule has 0 spiro atoms. The molecular weight excluding hydrogens is 412 g/mol. The predicted molar refractivity (Wildman–Crippen MR) is 107 cm³/mol. The van der Waals surface area contributed by atoms with E-state index >= 15 is 0 Å². The molecule has 3 aromatic rings. The van der Waals surface area contributed by atoms with Gasteiger partial charge in [0.25, 0.3) is 5.19 Å². The number of phenolic OH excluding ortho intramolecular Hbond substituents is 1. The summed E-state index contributed by atoms with van der Waals surface area (Å²) in [4.78, 5) is 1.71. The van der Waals surface area contributed by atoms with Crippen molar-refractivity contribution in [2.24, 2.45) is 0 Å². The Morgan fingerprint density at radius 3 is 2.50 bits per heavy atom. The molecule has 0 radical (unpaired) electrons. The molecule has 2 aliphatic rings. The first-order valence-electron chi connectivity index (χ1n) is 9.54. The Labute approximate surface area is 175 Å². The normalized spacial score (nSPS) is 23.9. The van der Waals surface area contributed by atoms with Gasteiger partial charge in [0.05, 0.1) is 29.0 Å². The van der Waals surface area contributed by atoms with Crippen molar-refractivity contribution in [1.82, 2.24) is 24.9 Å². The zero-order chi connectivity index (χ0) is 21.0. The van der Waals surface area contributed by atoms with Gasteiger partial charge in [-0.15, -0.1) is 5.10 Å². The van der Waals surface area contributed by atoms with Crippen molar-refractivity contribution in [2.45, 2.75) is 38.0 Å². The topological polar surface area (TPSA) is 76.3 Å². The van der Waals surface area contributed by atoms with E-state index in [0.29, 0.717) is 28.6 Å². The summed E-state index contributed by atoms with van der Waals surface area (Å²) < 4.78 is 35.6. The fourth-order valence-electron chi connectivity index (χ4n) is 4.03. The first kappa shape index (κ1) is 19.1. The standard InChI is InChI=1S/C20H19F2N5O2S/c1-10-5-6-27(25-10)11-3-4-13(16(28)7-11)19-23-24-20(30-19)29-12-8-14-17(21)18(22)15(9-12)26(14)2/h3-7,12,14-15,28H,8-9H2,1-2H3. The molecule has 0 saturated carbocycles. The number of phenols is 1. The lowest BCUT2D eigenvalue weighted by atomic mass is 9.99. The number of likely N-dealkylation sites (N-methyl/N-ethyl adjacent to an activating group) is 1. The molecule has 1 aromatic carbocycles. The number of nitrogens with zero attached hydrogens (tertiary/aromatic N) is 5. The molecule has 7 nitrogen and oxygen atoms in total. The number of rotatable bonds is 4. The highest BCUT2D eigenvalue weighted by molar-refractivity contribution is 7.16. The van der Waals surface area contributed by atoms with E-state index in [-0.39, 0.29) is 11.9 Å². The van der Waals surface area contributed by atoms with Gasteiger partial charge in [0.1, 0.15) is 11.9 Å². The number of aryl methyl sites for hydroxylation is 1. The zero-order valence-electron chi connectivity index (χ0n) is 16.3. The maximum atomic E-state index is 14.0. The van der Waals surface area contributed by atoms with Gasteiger partial charge < -0.3 is 9.84 Å². The molecule has 5 rings (SSSR count). The number of hydrogen-bond donors (Lipinski definition) is 1. The van der Waals surface area contributed by atoms with Gasteiger partial charge in [-0.05, 0) is 32.2 Å². The molecule has 0 amide bonds. The van der Waals surface area contributed by atoms with Crippen molar-refractivity contribution >= 4 is 11.3 Å². The Balaban J connectivity index is 1.32. The molecule has 2 unspecified atom stereocenters. The number of piperidine rings is 1. The van der Waals surface area contributed by atoms with E-state index in [1.807, 2.05) is 25.3 Å². The SMILES string of the molecule is Cc1ccn(-c2ccc(-c3nnc(OC4CC5C(F)=C(F)C(C4)N5C)s3)c(O)c2)n1. The maximum absolute atomic E-state index is 14.0. The van der Waals surface area contributed by atoms with Crippen LogP contribution in [0.15, 0.2) is 42.1 Å². The van der Waals surface area contributed by atoms with E-state index in [0.717, 1.165) is 11.4 Å². The Kier molecular flexibility index (Phi) is 4.55. The monoisotopic (exact) mass is 431 g/mol. The minimum atomic E-state index is -0.691. The third-order valence-electron chi connectivity index (χ3n) is 5.64. The van der Waals surface area contributed by atoms with Gasteiger partial charge in [-0.25, -0.2) is 13.5 Å². The second-order valence-corrected chi connectivity index (χ2v) is 8.52. The average Bonchev–Trinajstić information content (AvgIpc) is 3.39. The lowest BCUT2D eigenvalue weighted by molar-refractivity contribution is 0.0614. The number of fused-ring (bicyclic) bond motifs is 2. The highest BCUT2D eigenvalue weighted by atomic mass is 32.1. The van der Waals surface area contributed by atoms with E-state index in [1.165, 1.54) is 11.3 Å². The van der Waals surface area contributed by atoms with Crippen LogP contribution in [0.2, 0.25) is 0 Å². The first-order valence-corrected chi connectivity index (χ1v) is 10.4. The fraction of sp³-hybridized carbons (Fsp3) is 0.350. The van der Waals surface area contributed by atoms with Gasteiger partial charge in [-0.1, -0.05) is 16.4 Å². The van der Waals surface area contributed by atoms with Crippen molar-refractivity contribution in [3.8, 4) is 27.2 Å². The van der Waals surface area contributed by atoms with Crippen LogP contribution >= 0.6 is 11.3 Å². The van der Waals surface area contributed by atoms with E-state index < -0.39 is 23.7 Å². The van der Waals surface area contributed by atoms with Gasteiger partial charge in [0, 0.05) is 25.1 Å². The second kappa shape index (κ2) is 7.13. The third-order valence-corrected chi connectivity index (χ3v) is 6.49. The molecule has 2 aliphatic heterocycles. The van der Waals surface area contributed by atoms with Crippen molar-refractivity contribution in [3.63, 3.8) is 0 Å². The van der Waals surface area contributed by atoms with Crippen LogP contribution in [0.1, 0.15) is 18.5 Å². The summed E-state index contributed by atoms with van der Waals surface area (Å²) in [7, 11) is 1.72. The quantitative estimate of drug-likeness (QED) is 0.678. The summed E-state index contributed by atoms with van der Waals surface area (Å²) >= 11 is 1.18. The highest BCUT2D eigenvalue weighted by Gasteiger charge is 2.46. The predicted octanol–water partition coefficient (Wildman–Crippen LogP) is 3.78. The number of aromatic nitrogens is 4. The van der Waals surface area contributed by atoms with Crippen LogP contribution < -0.4 is 4.74 Å². The molecule has 0 aliphatic carbocycles. The number of aromatic hydroxyl groups is 1. The molecule has 156 valence electrons.